The maximum atomic E-state index is 13.6. The molecule has 2 rings (SSSR count). The number of benzene rings is 1. The molecule has 94 valence electrons. The first-order chi connectivity index (χ1) is 8.49. The van der Waals surface area contributed by atoms with Crippen molar-refractivity contribution in [3.63, 3.8) is 0 Å². The summed E-state index contributed by atoms with van der Waals surface area (Å²) < 4.78 is 15.2. The lowest BCUT2D eigenvalue weighted by Gasteiger charge is -2.09. The van der Waals surface area contributed by atoms with E-state index >= 15 is 0 Å². The third-order valence-corrected chi connectivity index (χ3v) is 2.72. The van der Waals surface area contributed by atoms with Crippen molar-refractivity contribution in [3.05, 3.63) is 47.5 Å². The van der Waals surface area contributed by atoms with Crippen molar-refractivity contribution in [2.24, 2.45) is 7.05 Å². The molecule has 0 aliphatic rings. The molecule has 0 aliphatic heterocycles. The summed E-state index contributed by atoms with van der Waals surface area (Å²) in [6, 6.07) is 6.19. The number of carbonyl (C=O) groups is 1. The Labute approximate surface area is 104 Å². The van der Waals surface area contributed by atoms with Gasteiger partial charge in [-0.3, -0.25) is 4.79 Å². The number of aryl methyl sites for hydroxylation is 2. The Hall–Kier alpha value is -2.30. The molecular formula is C13H14FN3O. The topological polar surface area (TPSA) is 60.1 Å². The van der Waals surface area contributed by atoms with Crippen LogP contribution in [-0.2, 0) is 7.05 Å². The lowest BCUT2D eigenvalue weighted by Crippen LogP contribution is -2.16. The van der Waals surface area contributed by atoms with Crippen molar-refractivity contribution in [1.29, 1.82) is 0 Å². The van der Waals surface area contributed by atoms with Crippen LogP contribution in [0.3, 0.4) is 0 Å². The molecule has 1 aromatic heterocycles. The number of aromatic nitrogens is 1. The molecule has 1 amide bonds. The first kappa shape index (κ1) is 12.2. The summed E-state index contributed by atoms with van der Waals surface area (Å²) in [7, 11) is 1.71. The van der Waals surface area contributed by atoms with Gasteiger partial charge in [-0.15, -0.1) is 0 Å². The van der Waals surface area contributed by atoms with Gasteiger partial charge < -0.3 is 15.6 Å². The van der Waals surface area contributed by atoms with Gasteiger partial charge in [0.2, 0.25) is 0 Å². The average Bonchev–Trinajstić information content (AvgIpc) is 2.63. The van der Waals surface area contributed by atoms with Gasteiger partial charge in [-0.1, -0.05) is 12.1 Å². The third kappa shape index (κ3) is 2.20. The van der Waals surface area contributed by atoms with E-state index in [0.717, 1.165) is 0 Å². The molecular weight excluding hydrogens is 233 g/mol. The Kier molecular flexibility index (Phi) is 3.06. The Morgan fingerprint density at radius 3 is 2.72 bits per heavy atom. The van der Waals surface area contributed by atoms with Gasteiger partial charge in [0, 0.05) is 13.2 Å². The summed E-state index contributed by atoms with van der Waals surface area (Å²) in [5.74, 6) is -0.840. The highest BCUT2D eigenvalue weighted by molar-refractivity contribution is 6.04. The van der Waals surface area contributed by atoms with Crippen molar-refractivity contribution in [2.45, 2.75) is 6.92 Å². The van der Waals surface area contributed by atoms with Crippen molar-refractivity contribution in [1.82, 2.24) is 4.57 Å². The molecule has 4 nitrogen and oxygen atoms in total. The van der Waals surface area contributed by atoms with Gasteiger partial charge in [0.1, 0.15) is 11.5 Å². The number of nitrogen functional groups attached to an aromatic ring is 1. The molecule has 1 aromatic carbocycles. The SMILES string of the molecule is Cc1cccc(F)c1NC(=O)c1cc(N)cn1C. The molecule has 18 heavy (non-hydrogen) atoms. The summed E-state index contributed by atoms with van der Waals surface area (Å²) in [6.07, 6.45) is 1.63. The number of para-hydroxylation sites is 1. The number of anilines is 2. The summed E-state index contributed by atoms with van der Waals surface area (Å²) >= 11 is 0. The Morgan fingerprint density at radius 1 is 1.44 bits per heavy atom. The molecule has 1 heterocycles. The van der Waals surface area contributed by atoms with Crippen LogP contribution in [0.4, 0.5) is 15.8 Å². The maximum Gasteiger partial charge on any atom is 0.272 e. The molecule has 2 aromatic rings. The predicted octanol–water partition coefficient (Wildman–Crippen LogP) is 2.31. The fourth-order valence-electron chi connectivity index (χ4n) is 1.78. The van der Waals surface area contributed by atoms with Gasteiger partial charge in [0.15, 0.2) is 0 Å². The van der Waals surface area contributed by atoms with E-state index in [1.54, 1.807) is 42.9 Å². The number of nitrogens with two attached hydrogens (primary N) is 1. The summed E-state index contributed by atoms with van der Waals surface area (Å²) in [4.78, 5) is 12.0. The molecule has 0 saturated heterocycles. The highest BCUT2D eigenvalue weighted by atomic mass is 19.1. The van der Waals surface area contributed by atoms with Crippen LogP contribution < -0.4 is 11.1 Å². The molecule has 0 atom stereocenters. The molecule has 0 fully saturated rings. The zero-order valence-electron chi connectivity index (χ0n) is 10.2. The van der Waals surface area contributed by atoms with E-state index in [1.807, 2.05) is 0 Å². The molecule has 0 spiro atoms. The second kappa shape index (κ2) is 4.52. The van der Waals surface area contributed by atoms with Crippen LogP contribution in [0.15, 0.2) is 30.5 Å². The number of hydrogen-bond donors (Lipinski definition) is 2. The Bertz CT molecular complexity index is 584. The van der Waals surface area contributed by atoms with Gasteiger partial charge in [-0.25, -0.2) is 4.39 Å². The maximum absolute atomic E-state index is 13.6. The zero-order valence-corrected chi connectivity index (χ0v) is 10.2. The largest absolute Gasteiger partial charge is 0.397 e. The fraction of sp³-hybridized carbons (Fsp3) is 0.154. The molecule has 5 heteroatoms. The van der Waals surface area contributed by atoms with Crippen LogP contribution in [-0.4, -0.2) is 10.5 Å². The van der Waals surface area contributed by atoms with Crippen LogP contribution >= 0.6 is 0 Å². The standard InChI is InChI=1S/C13H14FN3O/c1-8-4-3-5-10(14)12(8)16-13(18)11-6-9(15)7-17(11)2/h3-7H,15H2,1-2H3,(H,16,18). The van der Waals surface area contributed by atoms with E-state index < -0.39 is 5.82 Å². The average molecular weight is 247 g/mol. The van der Waals surface area contributed by atoms with Crippen LogP contribution in [0.25, 0.3) is 0 Å². The molecule has 0 aliphatic carbocycles. The van der Waals surface area contributed by atoms with E-state index in [1.165, 1.54) is 6.07 Å². The van der Waals surface area contributed by atoms with E-state index in [4.69, 9.17) is 5.73 Å². The van der Waals surface area contributed by atoms with Crippen molar-refractivity contribution < 1.29 is 9.18 Å². The number of halogens is 1. The quantitative estimate of drug-likeness (QED) is 0.855. The molecule has 0 bridgehead atoms. The molecule has 0 unspecified atom stereocenters. The number of nitrogens with one attached hydrogen (secondary N) is 1. The summed E-state index contributed by atoms with van der Waals surface area (Å²) in [5, 5.41) is 2.56. The van der Waals surface area contributed by atoms with Gasteiger partial charge in [-0.2, -0.15) is 0 Å². The number of carbonyl (C=O) groups excluding carboxylic acids is 1. The van der Waals surface area contributed by atoms with Crippen LogP contribution in [0.1, 0.15) is 16.1 Å². The number of nitrogens with zero attached hydrogens (tertiary/aromatic N) is 1. The summed E-state index contributed by atoms with van der Waals surface area (Å²) in [6.45, 7) is 1.73. The van der Waals surface area contributed by atoms with Crippen molar-refractivity contribution in [3.8, 4) is 0 Å². The van der Waals surface area contributed by atoms with Crippen molar-refractivity contribution >= 4 is 17.3 Å². The number of hydrogen-bond acceptors (Lipinski definition) is 2. The molecule has 3 N–H and O–H groups in total. The van der Waals surface area contributed by atoms with Crippen LogP contribution in [0.2, 0.25) is 0 Å². The number of rotatable bonds is 2. The lowest BCUT2D eigenvalue weighted by atomic mass is 10.2. The number of amides is 1. The second-order valence-corrected chi connectivity index (χ2v) is 4.16. The molecule has 0 saturated carbocycles. The summed E-state index contributed by atoms with van der Waals surface area (Å²) in [5.41, 5.74) is 7.34. The van der Waals surface area contributed by atoms with Gasteiger partial charge in [0.25, 0.3) is 5.91 Å². The zero-order chi connectivity index (χ0) is 13.3. The minimum absolute atomic E-state index is 0.197. The minimum atomic E-state index is -0.453. The monoisotopic (exact) mass is 247 g/mol. The molecule has 0 radical (unpaired) electrons. The van der Waals surface area contributed by atoms with Crippen LogP contribution in [0.5, 0.6) is 0 Å². The Balaban J connectivity index is 2.30. The highest BCUT2D eigenvalue weighted by Crippen LogP contribution is 2.20. The minimum Gasteiger partial charge on any atom is -0.397 e. The normalized spacial score (nSPS) is 10.4. The van der Waals surface area contributed by atoms with Gasteiger partial charge in [0.05, 0.1) is 11.4 Å². The van der Waals surface area contributed by atoms with E-state index in [0.29, 0.717) is 16.9 Å². The second-order valence-electron chi connectivity index (χ2n) is 4.16. The van der Waals surface area contributed by atoms with Gasteiger partial charge >= 0.3 is 0 Å². The van der Waals surface area contributed by atoms with Crippen molar-refractivity contribution in [2.75, 3.05) is 11.1 Å². The third-order valence-electron chi connectivity index (χ3n) is 2.72. The first-order valence-corrected chi connectivity index (χ1v) is 5.47. The smallest absolute Gasteiger partial charge is 0.272 e. The lowest BCUT2D eigenvalue weighted by molar-refractivity contribution is 0.101. The van der Waals surface area contributed by atoms with E-state index in [-0.39, 0.29) is 11.6 Å². The first-order valence-electron chi connectivity index (χ1n) is 5.47. The Morgan fingerprint density at radius 2 is 2.17 bits per heavy atom. The predicted molar refractivity (Wildman–Crippen MR) is 68.9 cm³/mol. The van der Waals surface area contributed by atoms with Crippen LogP contribution in [0, 0.1) is 12.7 Å². The van der Waals surface area contributed by atoms with Gasteiger partial charge in [-0.05, 0) is 24.6 Å². The van der Waals surface area contributed by atoms with E-state index in [9.17, 15) is 9.18 Å². The highest BCUT2D eigenvalue weighted by Gasteiger charge is 2.14. The van der Waals surface area contributed by atoms with E-state index in [2.05, 4.69) is 5.32 Å². The fourth-order valence-corrected chi connectivity index (χ4v) is 1.78.